The lowest BCUT2D eigenvalue weighted by Crippen LogP contribution is -2.37. The molecule has 5 rings (SSSR count). The highest BCUT2D eigenvalue weighted by molar-refractivity contribution is 8.01. The first-order valence-corrected chi connectivity index (χ1v) is 7.66. The van der Waals surface area contributed by atoms with E-state index in [1.807, 2.05) is 0 Å². The van der Waals surface area contributed by atoms with Gasteiger partial charge in [-0.25, -0.2) is 0 Å². The standard InChI is InChI=1S/C17H14O2S/c1-19-17(18)16-14-10-6-2-4-8-12(10)15(20-16)13-9-5-3-7-11(13)14/h2-9,14-16H,1H3. The molecule has 1 atom stereocenters. The molecule has 2 aromatic carbocycles. The molecular weight excluding hydrogens is 268 g/mol. The van der Waals surface area contributed by atoms with E-state index in [0.717, 1.165) is 0 Å². The van der Waals surface area contributed by atoms with Crippen LogP contribution in [0.4, 0.5) is 0 Å². The fraction of sp³-hybridized carbons (Fsp3) is 0.235. The summed E-state index contributed by atoms with van der Waals surface area (Å²) in [7, 11) is 1.48. The number of rotatable bonds is 1. The summed E-state index contributed by atoms with van der Waals surface area (Å²) in [5.41, 5.74) is 5.26. The van der Waals surface area contributed by atoms with Gasteiger partial charge in [0, 0.05) is 5.92 Å². The van der Waals surface area contributed by atoms with Gasteiger partial charge in [-0.3, -0.25) is 4.79 Å². The second-order valence-electron chi connectivity index (χ2n) is 5.20. The topological polar surface area (TPSA) is 26.3 Å². The lowest BCUT2D eigenvalue weighted by molar-refractivity contribution is -0.140. The summed E-state index contributed by atoms with van der Waals surface area (Å²) >= 11 is 1.72. The zero-order chi connectivity index (χ0) is 13.7. The first kappa shape index (κ1) is 12.0. The van der Waals surface area contributed by atoms with Crippen molar-refractivity contribution >= 4 is 17.7 Å². The molecule has 1 aliphatic carbocycles. The zero-order valence-corrected chi connectivity index (χ0v) is 11.9. The van der Waals surface area contributed by atoms with E-state index in [1.54, 1.807) is 11.8 Å². The number of esters is 1. The van der Waals surface area contributed by atoms with Crippen LogP contribution in [0.25, 0.3) is 0 Å². The first-order valence-electron chi connectivity index (χ1n) is 6.72. The molecule has 2 aliphatic heterocycles. The Morgan fingerprint density at radius 1 is 0.950 bits per heavy atom. The Balaban J connectivity index is 1.95. The third-order valence-electron chi connectivity index (χ3n) is 4.25. The van der Waals surface area contributed by atoms with Crippen LogP contribution in [0.2, 0.25) is 0 Å². The third kappa shape index (κ3) is 1.50. The molecule has 0 spiro atoms. The fourth-order valence-corrected chi connectivity index (χ4v) is 5.08. The highest BCUT2D eigenvalue weighted by Crippen LogP contribution is 2.58. The van der Waals surface area contributed by atoms with Crippen molar-refractivity contribution in [2.45, 2.75) is 16.4 Å². The Labute approximate surface area is 122 Å². The minimum absolute atomic E-state index is 0.116. The van der Waals surface area contributed by atoms with E-state index in [-0.39, 0.29) is 22.4 Å². The predicted molar refractivity (Wildman–Crippen MR) is 80.0 cm³/mol. The largest absolute Gasteiger partial charge is 0.468 e. The van der Waals surface area contributed by atoms with Gasteiger partial charge in [0.2, 0.25) is 0 Å². The van der Waals surface area contributed by atoms with Crippen LogP contribution >= 0.6 is 11.8 Å². The van der Waals surface area contributed by atoms with E-state index in [4.69, 9.17) is 4.74 Å². The van der Waals surface area contributed by atoms with Crippen LogP contribution in [0, 0.1) is 0 Å². The monoisotopic (exact) mass is 282 g/mol. The van der Waals surface area contributed by atoms with Gasteiger partial charge in [-0.05, 0) is 22.3 Å². The summed E-state index contributed by atoms with van der Waals surface area (Å²) in [6.07, 6.45) is 0. The second kappa shape index (κ2) is 4.38. The number of thioether (sulfide) groups is 1. The first-order chi connectivity index (χ1) is 9.81. The number of fused-ring (bicyclic) bond motifs is 1. The third-order valence-corrected chi connectivity index (χ3v) is 5.78. The average Bonchev–Trinajstić information content (AvgIpc) is 2.54. The van der Waals surface area contributed by atoms with Crippen LogP contribution < -0.4 is 0 Å². The Hall–Kier alpha value is -1.74. The van der Waals surface area contributed by atoms with Gasteiger partial charge in [0.25, 0.3) is 0 Å². The van der Waals surface area contributed by atoms with Gasteiger partial charge in [0.15, 0.2) is 0 Å². The number of benzene rings is 2. The lowest BCUT2D eigenvalue weighted by Gasteiger charge is -2.43. The van der Waals surface area contributed by atoms with E-state index in [9.17, 15) is 4.79 Å². The Morgan fingerprint density at radius 2 is 1.45 bits per heavy atom. The van der Waals surface area contributed by atoms with Gasteiger partial charge in [0.05, 0.1) is 12.4 Å². The van der Waals surface area contributed by atoms with Gasteiger partial charge in [-0.15, -0.1) is 11.8 Å². The molecule has 0 saturated heterocycles. The zero-order valence-electron chi connectivity index (χ0n) is 11.1. The summed E-state index contributed by atoms with van der Waals surface area (Å²) < 4.78 is 5.01. The maximum absolute atomic E-state index is 12.1. The van der Waals surface area contributed by atoms with Crippen LogP contribution in [0.5, 0.6) is 0 Å². The number of methoxy groups -OCH3 is 1. The molecule has 1 unspecified atom stereocenters. The molecule has 3 aliphatic rings. The SMILES string of the molecule is COC(=O)C1SC2c3ccccc3C1c1ccccc12. The molecule has 2 nitrogen and oxygen atoms in total. The van der Waals surface area contributed by atoms with Crippen LogP contribution in [0.15, 0.2) is 48.5 Å². The van der Waals surface area contributed by atoms with Gasteiger partial charge < -0.3 is 4.74 Å². The molecule has 0 amide bonds. The van der Waals surface area contributed by atoms with E-state index in [1.165, 1.54) is 29.4 Å². The number of carbonyl (C=O) groups excluding carboxylic acids is 1. The van der Waals surface area contributed by atoms with E-state index >= 15 is 0 Å². The van der Waals surface area contributed by atoms with Crippen molar-refractivity contribution in [3.63, 3.8) is 0 Å². The smallest absolute Gasteiger partial charge is 0.319 e. The summed E-state index contributed by atoms with van der Waals surface area (Å²) in [6, 6.07) is 16.9. The van der Waals surface area contributed by atoms with E-state index in [2.05, 4.69) is 48.5 Å². The average molecular weight is 282 g/mol. The lowest BCUT2D eigenvalue weighted by atomic mass is 9.75. The number of hydrogen-bond acceptors (Lipinski definition) is 3. The second-order valence-corrected chi connectivity index (χ2v) is 6.45. The van der Waals surface area contributed by atoms with Crippen LogP contribution in [0.1, 0.15) is 33.4 Å². The number of ether oxygens (including phenoxy) is 1. The van der Waals surface area contributed by atoms with Crippen molar-refractivity contribution in [3.8, 4) is 0 Å². The number of hydrogen-bond donors (Lipinski definition) is 0. The summed E-state index contributed by atoms with van der Waals surface area (Å²) in [4.78, 5) is 12.1. The fourth-order valence-electron chi connectivity index (χ4n) is 3.41. The van der Waals surface area contributed by atoms with Crippen LogP contribution in [-0.4, -0.2) is 18.3 Å². The number of carbonyl (C=O) groups is 1. The Bertz CT molecular complexity index is 647. The quantitative estimate of drug-likeness (QED) is 0.749. The van der Waals surface area contributed by atoms with E-state index in [0.29, 0.717) is 0 Å². The maximum atomic E-state index is 12.1. The van der Waals surface area contributed by atoms with Gasteiger partial charge >= 0.3 is 5.97 Å². The van der Waals surface area contributed by atoms with Crippen LogP contribution in [-0.2, 0) is 9.53 Å². The van der Waals surface area contributed by atoms with Crippen molar-refractivity contribution in [1.82, 2.24) is 0 Å². The molecule has 0 saturated carbocycles. The molecule has 0 N–H and O–H groups in total. The molecule has 2 heterocycles. The molecule has 2 aromatic rings. The summed E-state index contributed by atoms with van der Waals surface area (Å²) in [5, 5.41) is 0.117. The van der Waals surface area contributed by atoms with Crippen molar-refractivity contribution in [1.29, 1.82) is 0 Å². The molecular formula is C17H14O2S. The molecule has 20 heavy (non-hydrogen) atoms. The molecule has 0 aromatic heterocycles. The normalized spacial score (nSPS) is 25.8. The Kier molecular flexibility index (Phi) is 2.64. The van der Waals surface area contributed by atoms with Crippen molar-refractivity contribution in [3.05, 3.63) is 70.8 Å². The highest BCUT2D eigenvalue weighted by atomic mass is 32.2. The predicted octanol–water partition coefficient (Wildman–Crippen LogP) is 3.51. The van der Waals surface area contributed by atoms with Gasteiger partial charge in [-0.1, -0.05) is 48.5 Å². The molecule has 3 heteroatoms. The van der Waals surface area contributed by atoms with Crippen molar-refractivity contribution < 1.29 is 9.53 Å². The van der Waals surface area contributed by atoms with Crippen molar-refractivity contribution in [2.24, 2.45) is 0 Å². The summed E-state index contributed by atoms with van der Waals surface area (Å²) in [5.74, 6) is -0.00106. The molecule has 2 bridgehead atoms. The van der Waals surface area contributed by atoms with Crippen LogP contribution in [0.3, 0.4) is 0 Å². The molecule has 0 radical (unpaired) electrons. The minimum atomic E-state index is -0.130. The van der Waals surface area contributed by atoms with Gasteiger partial charge in [-0.2, -0.15) is 0 Å². The Morgan fingerprint density at radius 3 is 1.95 bits per heavy atom. The minimum Gasteiger partial charge on any atom is -0.468 e. The maximum Gasteiger partial charge on any atom is 0.319 e. The molecule has 0 fully saturated rings. The van der Waals surface area contributed by atoms with Gasteiger partial charge in [0.1, 0.15) is 5.25 Å². The summed E-state index contributed by atoms with van der Waals surface area (Å²) in [6.45, 7) is 0. The highest BCUT2D eigenvalue weighted by Gasteiger charge is 2.47. The van der Waals surface area contributed by atoms with E-state index < -0.39 is 0 Å². The van der Waals surface area contributed by atoms with Crippen molar-refractivity contribution in [2.75, 3.05) is 7.11 Å². The molecule has 100 valence electrons.